The Morgan fingerprint density at radius 2 is 2.21 bits per heavy atom. The molecule has 1 saturated heterocycles. The number of piperazine rings is 1. The molecule has 2 fully saturated rings. The lowest BCUT2D eigenvalue weighted by molar-refractivity contribution is -0.129. The second-order valence-electron chi connectivity index (χ2n) is 4.11. The number of hydrogen-bond donors (Lipinski definition) is 0. The van der Waals surface area contributed by atoms with Crippen molar-refractivity contribution in [3.8, 4) is 0 Å². The van der Waals surface area contributed by atoms with Crippen molar-refractivity contribution in [3.05, 3.63) is 12.7 Å². The fraction of sp³-hybridized carbons (Fsp3) is 0.700. The molecule has 4 heteroatoms. The number of hydrogen-bond acceptors (Lipinski definition) is 2. The van der Waals surface area contributed by atoms with E-state index in [9.17, 15) is 4.79 Å². The Labute approximate surface area is 88.2 Å². The maximum Gasteiger partial charge on any atom is 0.246 e. The molecule has 1 heterocycles. The Bertz CT molecular complexity index is 263. The van der Waals surface area contributed by atoms with Gasteiger partial charge in [-0.15, -0.1) is 0 Å². The van der Waals surface area contributed by atoms with Crippen LogP contribution in [0.4, 0.5) is 0 Å². The van der Waals surface area contributed by atoms with Crippen LogP contribution in [0.25, 0.3) is 0 Å². The zero-order valence-corrected chi connectivity index (χ0v) is 9.33. The molecule has 0 aromatic heterocycles. The van der Waals surface area contributed by atoms with E-state index in [-0.39, 0.29) is 5.91 Å². The van der Waals surface area contributed by atoms with Gasteiger partial charge in [0.05, 0.1) is 0 Å². The summed E-state index contributed by atoms with van der Waals surface area (Å²) >= 11 is 0. The van der Waals surface area contributed by atoms with Crippen LogP contribution in [0.3, 0.4) is 0 Å². The molecule has 14 heavy (non-hydrogen) atoms. The summed E-state index contributed by atoms with van der Waals surface area (Å²) in [6.07, 6.45) is 4.77. The first-order chi connectivity index (χ1) is 6.72. The highest BCUT2D eigenvalue weighted by Gasteiger charge is 2.50. The molecule has 0 aromatic rings. The number of carbonyl (C=O) groups excluding carboxylic acids is 1. The molecule has 2 aliphatic rings. The minimum absolute atomic E-state index is 0.0740. The van der Waals surface area contributed by atoms with Gasteiger partial charge in [0.2, 0.25) is 5.91 Å². The van der Waals surface area contributed by atoms with E-state index >= 15 is 0 Å². The molecule has 1 aliphatic carbocycles. The summed E-state index contributed by atoms with van der Waals surface area (Å²) in [4.78, 5) is 15.8. The number of amides is 1. The smallest absolute Gasteiger partial charge is 0.246 e. The lowest BCUT2D eigenvalue weighted by Crippen LogP contribution is -2.56. The third-order valence-electron chi connectivity index (χ3n) is 3.30. The second-order valence-corrected chi connectivity index (χ2v) is 4.43. The van der Waals surface area contributed by atoms with E-state index in [1.165, 1.54) is 18.9 Å². The molecule has 0 atom stereocenters. The van der Waals surface area contributed by atoms with Crippen LogP contribution in [0, 0.1) is 0 Å². The van der Waals surface area contributed by atoms with E-state index in [1.807, 2.05) is 4.90 Å². The molecular formula is C10H15N2OSi. The Hall–Kier alpha value is -0.613. The highest BCUT2D eigenvalue weighted by Crippen LogP contribution is 2.43. The molecule has 2 rings (SSSR count). The first-order valence-corrected chi connectivity index (χ1v) is 5.73. The van der Waals surface area contributed by atoms with Gasteiger partial charge in [0, 0.05) is 35.4 Å². The zero-order valence-electron chi connectivity index (χ0n) is 8.33. The third-order valence-corrected chi connectivity index (χ3v) is 3.68. The van der Waals surface area contributed by atoms with Gasteiger partial charge < -0.3 is 4.90 Å². The van der Waals surface area contributed by atoms with Crippen LogP contribution in [0.15, 0.2) is 12.7 Å². The van der Waals surface area contributed by atoms with Crippen LogP contribution >= 0.6 is 0 Å². The second kappa shape index (κ2) is 3.51. The Kier molecular flexibility index (Phi) is 2.49. The Morgan fingerprint density at radius 3 is 2.71 bits per heavy atom. The minimum atomic E-state index is 0.0740. The molecule has 1 aliphatic heterocycles. The van der Waals surface area contributed by atoms with Gasteiger partial charge in [-0.25, -0.2) is 0 Å². The topological polar surface area (TPSA) is 23.6 Å². The van der Waals surface area contributed by atoms with Gasteiger partial charge in [-0.1, -0.05) is 6.58 Å². The Morgan fingerprint density at radius 1 is 1.50 bits per heavy atom. The monoisotopic (exact) mass is 207 g/mol. The number of rotatable bonds is 2. The van der Waals surface area contributed by atoms with Crippen molar-refractivity contribution >= 4 is 16.1 Å². The summed E-state index contributed by atoms with van der Waals surface area (Å²) in [6, 6.07) is 0. The van der Waals surface area contributed by atoms with Crippen molar-refractivity contribution in [3.63, 3.8) is 0 Å². The van der Waals surface area contributed by atoms with Gasteiger partial charge in [0.1, 0.15) is 0 Å². The standard InChI is InChI=1S/C10H15N2OSi/c1-2-9(13)11-5-6-12(8-14)10(7-11)3-4-10/h2H,1,3-8H2. The highest BCUT2D eigenvalue weighted by atomic mass is 28.1. The molecule has 3 radical (unpaired) electrons. The van der Waals surface area contributed by atoms with Crippen LogP contribution < -0.4 is 0 Å². The van der Waals surface area contributed by atoms with Crippen molar-refractivity contribution in [1.29, 1.82) is 0 Å². The van der Waals surface area contributed by atoms with Crippen LogP contribution in [0.1, 0.15) is 12.8 Å². The van der Waals surface area contributed by atoms with Crippen molar-refractivity contribution in [2.75, 3.05) is 25.8 Å². The van der Waals surface area contributed by atoms with Gasteiger partial charge in [-0.05, 0) is 25.1 Å². The molecular weight excluding hydrogens is 192 g/mol. The first kappa shape index (κ1) is 9.92. The van der Waals surface area contributed by atoms with Crippen LogP contribution in [0.5, 0.6) is 0 Å². The predicted molar refractivity (Wildman–Crippen MR) is 56.1 cm³/mol. The summed E-state index contributed by atoms with van der Waals surface area (Å²) in [6.45, 7) is 6.21. The van der Waals surface area contributed by atoms with Crippen LogP contribution in [-0.2, 0) is 4.79 Å². The molecule has 1 amide bonds. The zero-order chi connectivity index (χ0) is 10.2. The Balaban J connectivity index is 2.03. The molecule has 1 spiro atoms. The van der Waals surface area contributed by atoms with E-state index in [1.54, 1.807) is 0 Å². The van der Waals surface area contributed by atoms with Crippen LogP contribution in [-0.4, -0.2) is 57.3 Å². The minimum Gasteiger partial charge on any atom is -0.336 e. The van der Waals surface area contributed by atoms with Gasteiger partial charge in [0.15, 0.2) is 0 Å². The SMILES string of the molecule is C=CC(=O)N1CCN(C[Si])C2(CC2)C1. The van der Waals surface area contributed by atoms with E-state index < -0.39 is 0 Å². The summed E-state index contributed by atoms with van der Waals surface area (Å²) in [5, 5.41) is 0. The molecule has 0 unspecified atom stereocenters. The maximum absolute atomic E-state index is 11.5. The molecule has 0 N–H and O–H groups in total. The van der Waals surface area contributed by atoms with E-state index in [0.717, 1.165) is 25.8 Å². The number of nitrogens with zero attached hydrogens (tertiary/aromatic N) is 2. The van der Waals surface area contributed by atoms with Gasteiger partial charge in [-0.2, -0.15) is 0 Å². The first-order valence-electron chi connectivity index (χ1n) is 5.03. The van der Waals surface area contributed by atoms with E-state index in [4.69, 9.17) is 0 Å². The quantitative estimate of drug-likeness (QED) is 0.469. The van der Waals surface area contributed by atoms with E-state index in [2.05, 4.69) is 21.7 Å². The maximum atomic E-state index is 11.5. The molecule has 75 valence electrons. The highest BCUT2D eigenvalue weighted by molar-refractivity contribution is 6.08. The fourth-order valence-corrected chi connectivity index (χ4v) is 2.69. The largest absolute Gasteiger partial charge is 0.336 e. The van der Waals surface area contributed by atoms with Crippen molar-refractivity contribution in [2.45, 2.75) is 18.4 Å². The summed E-state index contributed by atoms with van der Waals surface area (Å²) in [7, 11) is 3.55. The summed E-state index contributed by atoms with van der Waals surface area (Å²) in [5.74, 6) is 0.0740. The van der Waals surface area contributed by atoms with E-state index in [0.29, 0.717) is 5.54 Å². The van der Waals surface area contributed by atoms with Crippen LogP contribution in [0.2, 0.25) is 0 Å². The molecule has 0 bridgehead atoms. The third kappa shape index (κ3) is 1.52. The average molecular weight is 207 g/mol. The molecule has 0 aromatic carbocycles. The summed E-state index contributed by atoms with van der Waals surface area (Å²) in [5.41, 5.74) is 0.290. The summed E-state index contributed by atoms with van der Waals surface area (Å²) < 4.78 is 0. The van der Waals surface area contributed by atoms with Crippen molar-refractivity contribution < 1.29 is 4.79 Å². The molecule has 3 nitrogen and oxygen atoms in total. The lowest BCUT2D eigenvalue weighted by Gasteiger charge is -2.41. The van der Waals surface area contributed by atoms with Gasteiger partial charge in [-0.3, -0.25) is 9.69 Å². The van der Waals surface area contributed by atoms with Crippen molar-refractivity contribution in [2.24, 2.45) is 0 Å². The average Bonchev–Trinajstić information content (AvgIpc) is 2.97. The molecule has 1 saturated carbocycles. The van der Waals surface area contributed by atoms with Crippen molar-refractivity contribution in [1.82, 2.24) is 9.80 Å². The normalized spacial score (nSPS) is 25.1. The van der Waals surface area contributed by atoms with Gasteiger partial charge in [0.25, 0.3) is 0 Å². The number of carbonyl (C=O) groups is 1. The lowest BCUT2D eigenvalue weighted by atomic mass is 10.1. The van der Waals surface area contributed by atoms with Gasteiger partial charge >= 0.3 is 0 Å². The fourth-order valence-electron chi connectivity index (χ4n) is 2.20. The predicted octanol–water partition coefficient (Wildman–Crippen LogP) is -0.0248.